The summed E-state index contributed by atoms with van der Waals surface area (Å²) in [5.41, 5.74) is 0. The molecule has 80 valence electrons. The summed E-state index contributed by atoms with van der Waals surface area (Å²) in [6.45, 7) is 5.72. The van der Waals surface area contributed by atoms with Crippen LogP contribution in [0.2, 0.25) is 0 Å². The molecule has 0 fully saturated rings. The lowest BCUT2D eigenvalue weighted by molar-refractivity contribution is 0.103. The molecule has 0 aromatic carbocycles. The normalized spacial score (nSPS) is 17.0. The van der Waals surface area contributed by atoms with Crippen molar-refractivity contribution in [1.29, 1.82) is 0 Å². The number of rotatable bonds is 6. The molecular formula is C8H19O4P. The molecule has 0 aliphatic carbocycles. The van der Waals surface area contributed by atoms with Crippen LogP contribution in [0.5, 0.6) is 0 Å². The van der Waals surface area contributed by atoms with Crippen LogP contribution in [0.15, 0.2) is 0 Å². The topological polar surface area (TPSA) is 66.8 Å². The van der Waals surface area contributed by atoms with Crippen LogP contribution >= 0.6 is 7.82 Å². The number of hydrogen-bond acceptors (Lipinski definition) is 2. The maximum Gasteiger partial charge on any atom is 0.469 e. The van der Waals surface area contributed by atoms with Crippen LogP contribution in [0, 0.1) is 5.92 Å². The Morgan fingerprint density at radius 3 is 2.31 bits per heavy atom. The molecular weight excluding hydrogens is 191 g/mol. The largest absolute Gasteiger partial charge is 0.469 e. The van der Waals surface area contributed by atoms with Crippen LogP contribution in [-0.2, 0) is 9.09 Å². The smallest absolute Gasteiger partial charge is 0.303 e. The third kappa shape index (κ3) is 7.20. The SMILES string of the molecule is CCCCC(C)C(C)OP(=O)(O)O. The number of phosphoric ester groups is 1. The Morgan fingerprint density at radius 2 is 1.92 bits per heavy atom. The summed E-state index contributed by atoms with van der Waals surface area (Å²) >= 11 is 0. The molecule has 2 N–H and O–H groups in total. The molecule has 0 amide bonds. The molecule has 0 aromatic rings. The average Bonchev–Trinajstić information content (AvgIpc) is 1.96. The highest BCUT2D eigenvalue weighted by molar-refractivity contribution is 7.46. The van der Waals surface area contributed by atoms with Crippen LogP contribution in [0.4, 0.5) is 0 Å². The van der Waals surface area contributed by atoms with Gasteiger partial charge in [-0.05, 0) is 19.3 Å². The maximum absolute atomic E-state index is 10.5. The lowest BCUT2D eigenvalue weighted by atomic mass is 10.00. The molecule has 0 aliphatic heterocycles. The van der Waals surface area contributed by atoms with Gasteiger partial charge in [-0.1, -0.05) is 26.7 Å². The minimum Gasteiger partial charge on any atom is -0.303 e. The fourth-order valence-corrected chi connectivity index (χ4v) is 1.72. The van der Waals surface area contributed by atoms with Crippen molar-refractivity contribution in [3.8, 4) is 0 Å². The van der Waals surface area contributed by atoms with E-state index in [4.69, 9.17) is 9.79 Å². The Labute approximate surface area is 79.5 Å². The van der Waals surface area contributed by atoms with Crippen molar-refractivity contribution in [3.63, 3.8) is 0 Å². The van der Waals surface area contributed by atoms with Crippen molar-refractivity contribution < 1.29 is 18.9 Å². The van der Waals surface area contributed by atoms with Gasteiger partial charge in [-0.25, -0.2) is 4.57 Å². The summed E-state index contributed by atoms with van der Waals surface area (Å²) < 4.78 is 15.1. The second-order valence-electron chi connectivity index (χ2n) is 3.42. The molecule has 0 heterocycles. The standard InChI is InChI=1S/C8H19O4P/c1-4-5-6-7(2)8(3)12-13(9,10)11/h7-8H,4-6H2,1-3H3,(H2,9,10,11). The molecule has 0 radical (unpaired) electrons. The van der Waals surface area contributed by atoms with Gasteiger partial charge in [0.15, 0.2) is 0 Å². The van der Waals surface area contributed by atoms with Gasteiger partial charge in [-0.15, -0.1) is 0 Å². The average molecular weight is 210 g/mol. The molecule has 5 heteroatoms. The first kappa shape index (κ1) is 13.1. The van der Waals surface area contributed by atoms with E-state index in [0.717, 1.165) is 19.3 Å². The summed E-state index contributed by atoms with van der Waals surface area (Å²) in [6.07, 6.45) is 2.72. The number of phosphoric acid groups is 1. The summed E-state index contributed by atoms with van der Waals surface area (Å²) in [7, 11) is -4.31. The van der Waals surface area contributed by atoms with Crippen molar-refractivity contribution in [2.75, 3.05) is 0 Å². The van der Waals surface area contributed by atoms with Gasteiger partial charge in [0.05, 0.1) is 6.10 Å². The molecule has 0 spiro atoms. The molecule has 2 atom stereocenters. The van der Waals surface area contributed by atoms with Gasteiger partial charge in [-0.3, -0.25) is 4.52 Å². The Kier molecular flexibility index (Phi) is 5.81. The van der Waals surface area contributed by atoms with Gasteiger partial charge in [0, 0.05) is 0 Å². The summed E-state index contributed by atoms with van der Waals surface area (Å²) in [5, 5.41) is 0. The lowest BCUT2D eigenvalue weighted by Gasteiger charge is -2.20. The zero-order chi connectivity index (χ0) is 10.5. The van der Waals surface area contributed by atoms with Crippen LogP contribution in [0.25, 0.3) is 0 Å². The number of unbranched alkanes of at least 4 members (excludes halogenated alkanes) is 1. The van der Waals surface area contributed by atoms with Crippen molar-refractivity contribution in [1.82, 2.24) is 0 Å². The van der Waals surface area contributed by atoms with Crippen molar-refractivity contribution >= 4 is 7.82 Å². The van der Waals surface area contributed by atoms with Crippen LogP contribution < -0.4 is 0 Å². The minimum atomic E-state index is -4.31. The summed E-state index contributed by atoms with van der Waals surface area (Å²) in [6, 6.07) is 0. The Bertz CT molecular complexity index is 177. The highest BCUT2D eigenvalue weighted by Gasteiger charge is 2.22. The van der Waals surface area contributed by atoms with Crippen molar-refractivity contribution in [2.24, 2.45) is 5.92 Å². The van der Waals surface area contributed by atoms with Crippen LogP contribution in [0.3, 0.4) is 0 Å². The molecule has 0 rings (SSSR count). The van der Waals surface area contributed by atoms with Gasteiger partial charge in [0.2, 0.25) is 0 Å². The first-order valence-corrected chi connectivity index (χ1v) is 6.13. The molecule has 0 saturated heterocycles. The van der Waals surface area contributed by atoms with Gasteiger partial charge in [-0.2, -0.15) is 0 Å². The van der Waals surface area contributed by atoms with E-state index < -0.39 is 7.82 Å². The monoisotopic (exact) mass is 210 g/mol. The van der Waals surface area contributed by atoms with E-state index in [1.54, 1.807) is 6.92 Å². The molecule has 4 nitrogen and oxygen atoms in total. The van der Waals surface area contributed by atoms with E-state index in [1.165, 1.54) is 0 Å². The Hall–Kier alpha value is 0.110. The first-order chi connectivity index (χ1) is 5.87. The van der Waals surface area contributed by atoms with Crippen molar-refractivity contribution in [3.05, 3.63) is 0 Å². The summed E-state index contributed by atoms with van der Waals surface area (Å²) in [5.74, 6) is 0.188. The van der Waals surface area contributed by atoms with E-state index in [9.17, 15) is 4.57 Å². The highest BCUT2D eigenvalue weighted by atomic mass is 31.2. The maximum atomic E-state index is 10.5. The van der Waals surface area contributed by atoms with Gasteiger partial charge >= 0.3 is 7.82 Å². The fourth-order valence-electron chi connectivity index (χ4n) is 1.08. The third-order valence-corrected chi connectivity index (χ3v) is 2.73. The molecule has 0 saturated carbocycles. The fraction of sp³-hybridized carbons (Fsp3) is 1.00. The molecule has 2 unspecified atom stereocenters. The molecule has 0 bridgehead atoms. The quantitative estimate of drug-likeness (QED) is 0.660. The van der Waals surface area contributed by atoms with E-state index in [1.807, 2.05) is 6.92 Å². The Balaban J connectivity index is 3.82. The van der Waals surface area contributed by atoms with E-state index >= 15 is 0 Å². The lowest BCUT2D eigenvalue weighted by Crippen LogP contribution is -2.16. The zero-order valence-electron chi connectivity index (χ0n) is 8.43. The van der Waals surface area contributed by atoms with Crippen LogP contribution in [0.1, 0.15) is 40.0 Å². The molecule has 13 heavy (non-hydrogen) atoms. The molecule has 0 aromatic heterocycles. The van der Waals surface area contributed by atoms with Gasteiger partial charge < -0.3 is 9.79 Å². The predicted octanol–water partition coefficient (Wildman–Crippen LogP) is 2.31. The Morgan fingerprint density at radius 1 is 1.38 bits per heavy atom. The molecule has 0 aliphatic rings. The number of hydrogen-bond donors (Lipinski definition) is 2. The zero-order valence-corrected chi connectivity index (χ0v) is 9.33. The first-order valence-electron chi connectivity index (χ1n) is 4.60. The second-order valence-corrected chi connectivity index (χ2v) is 4.61. The van der Waals surface area contributed by atoms with E-state index in [-0.39, 0.29) is 12.0 Å². The minimum absolute atomic E-state index is 0.188. The highest BCUT2D eigenvalue weighted by Crippen LogP contribution is 2.39. The third-order valence-electron chi connectivity index (χ3n) is 2.12. The summed E-state index contributed by atoms with van der Waals surface area (Å²) in [4.78, 5) is 17.1. The van der Waals surface area contributed by atoms with Gasteiger partial charge in [0.1, 0.15) is 0 Å². The van der Waals surface area contributed by atoms with Crippen LogP contribution in [-0.4, -0.2) is 15.9 Å². The van der Waals surface area contributed by atoms with E-state index in [2.05, 4.69) is 11.4 Å². The van der Waals surface area contributed by atoms with Gasteiger partial charge in [0.25, 0.3) is 0 Å². The predicted molar refractivity (Wildman–Crippen MR) is 51.3 cm³/mol. The van der Waals surface area contributed by atoms with Crippen molar-refractivity contribution in [2.45, 2.75) is 46.1 Å². The second kappa shape index (κ2) is 5.76. The van der Waals surface area contributed by atoms with E-state index in [0.29, 0.717) is 0 Å².